The summed E-state index contributed by atoms with van der Waals surface area (Å²) in [6.45, 7) is 0.357. The number of halogens is 1. The lowest BCUT2D eigenvalue weighted by Crippen LogP contribution is -1.98. The number of fused-ring (bicyclic) bond motifs is 1. The van der Waals surface area contributed by atoms with E-state index in [-0.39, 0.29) is 17.2 Å². The Morgan fingerprint density at radius 1 is 1.03 bits per heavy atom. The van der Waals surface area contributed by atoms with E-state index < -0.39 is 4.92 Å². The molecule has 0 aromatic heterocycles. The molecule has 4 rings (SSSR count). The Balaban J connectivity index is 1.49. The Bertz CT molecular complexity index is 1120. The smallest absolute Gasteiger partial charge is 0.269 e. The standard InChI is InChI=1S/C22H14ClNO5/c23-16-5-1-15(2-6-16)13-28-18-9-10-19-20(12-18)29-21(22(19)25)11-14-3-7-17(8-4-14)24(26)27/h1-12H,13H2/b21-11-. The molecule has 1 aliphatic heterocycles. The van der Waals surface area contributed by atoms with E-state index in [4.69, 9.17) is 21.1 Å². The van der Waals surface area contributed by atoms with Crippen molar-refractivity contribution in [2.24, 2.45) is 0 Å². The van der Waals surface area contributed by atoms with E-state index in [1.807, 2.05) is 12.1 Å². The molecule has 1 aliphatic rings. The summed E-state index contributed by atoms with van der Waals surface area (Å²) in [6, 6.07) is 18.2. The molecular weight excluding hydrogens is 394 g/mol. The van der Waals surface area contributed by atoms with Gasteiger partial charge in [-0.1, -0.05) is 23.7 Å². The fraction of sp³-hybridized carbons (Fsp3) is 0.0455. The summed E-state index contributed by atoms with van der Waals surface area (Å²) in [7, 11) is 0. The number of nitrogens with zero attached hydrogens (tertiary/aromatic N) is 1. The first-order valence-electron chi connectivity index (χ1n) is 8.69. The van der Waals surface area contributed by atoms with Gasteiger partial charge in [-0.2, -0.15) is 0 Å². The lowest BCUT2D eigenvalue weighted by molar-refractivity contribution is -0.384. The van der Waals surface area contributed by atoms with E-state index in [0.717, 1.165) is 5.56 Å². The molecule has 0 radical (unpaired) electrons. The van der Waals surface area contributed by atoms with Gasteiger partial charge in [-0.05, 0) is 53.6 Å². The highest BCUT2D eigenvalue weighted by Crippen LogP contribution is 2.35. The van der Waals surface area contributed by atoms with Gasteiger partial charge in [0.15, 0.2) is 5.76 Å². The second kappa shape index (κ2) is 7.77. The van der Waals surface area contributed by atoms with Crippen LogP contribution in [0.4, 0.5) is 5.69 Å². The van der Waals surface area contributed by atoms with Crippen molar-refractivity contribution in [3.05, 3.63) is 104 Å². The van der Waals surface area contributed by atoms with Crippen molar-refractivity contribution < 1.29 is 19.2 Å². The van der Waals surface area contributed by atoms with Crippen LogP contribution in [0.25, 0.3) is 6.08 Å². The highest BCUT2D eigenvalue weighted by atomic mass is 35.5. The quantitative estimate of drug-likeness (QED) is 0.319. The van der Waals surface area contributed by atoms with Gasteiger partial charge in [0, 0.05) is 23.2 Å². The molecule has 144 valence electrons. The molecule has 0 atom stereocenters. The molecule has 0 aliphatic carbocycles. The van der Waals surface area contributed by atoms with Crippen molar-refractivity contribution in [1.82, 2.24) is 0 Å². The monoisotopic (exact) mass is 407 g/mol. The molecule has 0 fully saturated rings. The largest absolute Gasteiger partial charge is 0.489 e. The molecule has 0 amide bonds. The van der Waals surface area contributed by atoms with Gasteiger partial charge in [-0.3, -0.25) is 14.9 Å². The maximum absolute atomic E-state index is 12.5. The molecule has 0 saturated heterocycles. The Kier molecular flexibility index (Phi) is 5.01. The number of nitro groups is 1. The number of carbonyl (C=O) groups excluding carboxylic acids is 1. The number of nitro benzene ring substituents is 1. The van der Waals surface area contributed by atoms with Crippen molar-refractivity contribution in [3.63, 3.8) is 0 Å². The molecule has 0 bridgehead atoms. The summed E-state index contributed by atoms with van der Waals surface area (Å²) >= 11 is 5.88. The molecule has 1 heterocycles. The average Bonchev–Trinajstić information content (AvgIpc) is 3.03. The normalized spacial score (nSPS) is 13.8. The number of allylic oxidation sites excluding steroid dienone is 1. The van der Waals surface area contributed by atoms with Gasteiger partial charge in [0.2, 0.25) is 5.78 Å². The van der Waals surface area contributed by atoms with E-state index in [0.29, 0.717) is 34.3 Å². The van der Waals surface area contributed by atoms with Crippen LogP contribution in [-0.2, 0) is 6.61 Å². The van der Waals surface area contributed by atoms with Gasteiger partial charge in [-0.15, -0.1) is 0 Å². The number of ketones is 1. The molecular formula is C22H14ClNO5. The SMILES string of the molecule is O=C1/C(=C/c2ccc([N+](=O)[O-])cc2)Oc2cc(OCc3ccc(Cl)cc3)ccc21. The fourth-order valence-corrected chi connectivity index (χ4v) is 2.97. The first-order chi connectivity index (χ1) is 14.0. The number of carbonyl (C=O) groups is 1. The first-order valence-corrected chi connectivity index (χ1v) is 9.07. The Hall–Kier alpha value is -3.64. The van der Waals surface area contributed by atoms with Gasteiger partial charge in [0.05, 0.1) is 10.5 Å². The van der Waals surface area contributed by atoms with E-state index in [1.165, 1.54) is 12.1 Å². The minimum Gasteiger partial charge on any atom is -0.489 e. The van der Waals surface area contributed by atoms with Gasteiger partial charge in [0.25, 0.3) is 5.69 Å². The molecule has 0 N–H and O–H groups in total. The number of Topliss-reactive ketones (excluding diaryl/α,β-unsaturated/α-hetero) is 1. The molecule has 0 unspecified atom stereocenters. The molecule has 0 spiro atoms. The molecule has 3 aromatic carbocycles. The van der Waals surface area contributed by atoms with Crippen molar-refractivity contribution in [2.45, 2.75) is 6.61 Å². The third kappa shape index (κ3) is 4.12. The van der Waals surface area contributed by atoms with Crippen molar-refractivity contribution in [1.29, 1.82) is 0 Å². The van der Waals surface area contributed by atoms with Gasteiger partial charge in [-0.25, -0.2) is 0 Å². The number of benzene rings is 3. The summed E-state index contributed by atoms with van der Waals surface area (Å²) < 4.78 is 11.5. The number of hydrogen-bond donors (Lipinski definition) is 0. The van der Waals surface area contributed by atoms with E-state index >= 15 is 0 Å². The highest BCUT2D eigenvalue weighted by molar-refractivity contribution is 6.30. The van der Waals surface area contributed by atoms with Crippen molar-refractivity contribution in [3.8, 4) is 11.5 Å². The van der Waals surface area contributed by atoms with E-state index in [9.17, 15) is 14.9 Å². The van der Waals surface area contributed by atoms with Crippen LogP contribution < -0.4 is 9.47 Å². The number of hydrogen-bond acceptors (Lipinski definition) is 5. The van der Waals surface area contributed by atoms with Crippen LogP contribution in [0, 0.1) is 10.1 Å². The summed E-state index contributed by atoms with van der Waals surface area (Å²) in [5, 5.41) is 11.4. The lowest BCUT2D eigenvalue weighted by atomic mass is 10.1. The van der Waals surface area contributed by atoms with Crippen LogP contribution in [-0.4, -0.2) is 10.7 Å². The van der Waals surface area contributed by atoms with E-state index in [1.54, 1.807) is 48.5 Å². The molecule has 0 saturated carbocycles. The maximum atomic E-state index is 12.5. The number of ether oxygens (including phenoxy) is 2. The van der Waals surface area contributed by atoms with Crippen LogP contribution in [0.2, 0.25) is 5.02 Å². The summed E-state index contributed by atoms with van der Waals surface area (Å²) in [6.07, 6.45) is 1.56. The zero-order valence-corrected chi connectivity index (χ0v) is 15.8. The Morgan fingerprint density at radius 3 is 2.45 bits per heavy atom. The average molecular weight is 408 g/mol. The first kappa shape index (κ1) is 18.7. The predicted octanol–water partition coefficient (Wildman–Crippen LogP) is 5.44. The Labute approximate surface area is 171 Å². The summed E-state index contributed by atoms with van der Waals surface area (Å²) in [5.74, 6) is 0.895. The summed E-state index contributed by atoms with van der Waals surface area (Å²) in [4.78, 5) is 22.8. The van der Waals surface area contributed by atoms with Crippen LogP contribution in [0.15, 0.2) is 72.5 Å². The minimum atomic E-state index is -0.477. The lowest BCUT2D eigenvalue weighted by Gasteiger charge is -2.07. The third-order valence-electron chi connectivity index (χ3n) is 4.36. The zero-order chi connectivity index (χ0) is 20.4. The van der Waals surface area contributed by atoms with Gasteiger partial charge in [0.1, 0.15) is 18.1 Å². The zero-order valence-electron chi connectivity index (χ0n) is 15.0. The highest BCUT2D eigenvalue weighted by Gasteiger charge is 2.27. The fourth-order valence-electron chi connectivity index (χ4n) is 2.85. The second-order valence-electron chi connectivity index (χ2n) is 6.36. The number of rotatable bonds is 5. The van der Waals surface area contributed by atoms with Crippen molar-refractivity contribution >= 4 is 29.1 Å². The molecule has 7 heteroatoms. The van der Waals surface area contributed by atoms with Crippen LogP contribution in [0.3, 0.4) is 0 Å². The Morgan fingerprint density at radius 2 is 1.76 bits per heavy atom. The van der Waals surface area contributed by atoms with Crippen LogP contribution in [0.1, 0.15) is 21.5 Å². The minimum absolute atomic E-state index is 0.0171. The second-order valence-corrected chi connectivity index (χ2v) is 6.80. The van der Waals surface area contributed by atoms with Gasteiger partial charge >= 0.3 is 0 Å². The number of non-ortho nitro benzene ring substituents is 1. The maximum Gasteiger partial charge on any atom is 0.269 e. The van der Waals surface area contributed by atoms with E-state index in [2.05, 4.69) is 0 Å². The molecule has 6 nitrogen and oxygen atoms in total. The molecule has 29 heavy (non-hydrogen) atoms. The van der Waals surface area contributed by atoms with Crippen molar-refractivity contribution in [2.75, 3.05) is 0 Å². The predicted molar refractivity (Wildman–Crippen MR) is 108 cm³/mol. The van der Waals surface area contributed by atoms with Crippen LogP contribution >= 0.6 is 11.6 Å². The van der Waals surface area contributed by atoms with Crippen LogP contribution in [0.5, 0.6) is 11.5 Å². The topological polar surface area (TPSA) is 78.7 Å². The molecule has 3 aromatic rings. The summed E-state index contributed by atoms with van der Waals surface area (Å²) in [5.41, 5.74) is 2.02. The van der Waals surface area contributed by atoms with Gasteiger partial charge < -0.3 is 9.47 Å². The third-order valence-corrected chi connectivity index (χ3v) is 4.61.